The monoisotopic (exact) mass is 293 g/mol. The molecule has 3 rings (SSSR count). The van der Waals surface area contributed by atoms with E-state index in [0.29, 0.717) is 5.56 Å². The number of aromatic nitrogens is 1. The summed E-state index contributed by atoms with van der Waals surface area (Å²) < 4.78 is 1.82. The van der Waals surface area contributed by atoms with E-state index in [1.165, 1.54) is 0 Å². The highest BCUT2D eigenvalue weighted by Gasteiger charge is 2.28. The summed E-state index contributed by atoms with van der Waals surface area (Å²) in [4.78, 5) is 24.5. The predicted octanol–water partition coefficient (Wildman–Crippen LogP) is 3.22. The van der Waals surface area contributed by atoms with Crippen molar-refractivity contribution in [1.82, 2.24) is 4.57 Å². The van der Waals surface area contributed by atoms with Crippen LogP contribution < -0.4 is 5.56 Å². The van der Waals surface area contributed by atoms with Crippen molar-refractivity contribution >= 4 is 28.2 Å². The van der Waals surface area contributed by atoms with E-state index in [2.05, 4.69) is 0 Å². The number of nitrogens with zero attached hydrogens (tertiary/aromatic N) is 1. The van der Waals surface area contributed by atoms with Crippen LogP contribution in [0.3, 0.4) is 0 Å². The Hall–Kier alpha value is -1.39. The number of carbonyl (C=O) groups excluding carboxylic acids is 1. The Morgan fingerprint density at radius 3 is 2.74 bits per heavy atom. The van der Waals surface area contributed by atoms with Crippen LogP contribution in [0.1, 0.15) is 24.4 Å². The number of pyridine rings is 1. The quantitative estimate of drug-likeness (QED) is 0.812. The van der Waals surface area contributed by atoms with Gasteiger partial charge in [-0.25, -0.2) is 0 Å². The second-order valence-electron chi connectivity index (χ2n) is 4.66. The van der Waals surface area contributed by atoms with Gasteiger partial charge in [0, 0.05) is 11.6 Å². The van der Waals surface area contributed by atoms with E-state index >= 15 is 0 Å². The molecule has 0 aliphatic heterocycles. The Morgan fingerprint density at radius 2 is 2.16 bits per heavy atom. The molecular formula is C14H12ClNO2S. The van der Waals surface area contributed by atoms with Gasteiger partial charge in [0.25, 0.3) is 5.56 Å². The number of hydrogen-bond acceptors (Lipinski definition) is 3. The summed E-state index contributed by atoms with van der Waals surface area (Å²) in [5, 5.41) is 1.50. The Kier molecular flexibility index (Phi) is 3.29. The molecule has 1 fully saturated rings. The lowest BCUT2D eigenvalue weighted by molar-refractivity contribution is -0.111. The normalized spacial score (nSPS) is 14.6. The molecule has 1 saturated carbocycles. The van der Waals surface area contributed by atoms with Crippen LogP contribution >= 0.6 is 22.9 Å². The summed E-state index contributed by atoms with van der Waals surface area (Å²) in [6.45, 7) is 0. The van der Waals surface area contributed by atoms with E-state index in [-0.39, 0.29) is 18.0 Å². The van der Waals surface area contributed by atoms with Gasteiger partial charge in [0.1, 0.15) is 0 Å². The molecule has 0 saturated heterocycles. The van der Waals surface area contributed by atoms with Crippen LogP contribution in [-0.4, -0.2) is 9.81 Å². The number of halogens is 1. The zero-order valence-corrected chi connectivity index (χ0v) is 11.7. The molecule has 0 amide bonds. The smallest absolute Gasteiger partial charge is 0.254 e. The highest BCUT2D eigenvalue weighted by molar-refractivity contribution is 7.13. The van der Waals surface area contributed by atoms with Gasteiger partial charge in [-0.05, 0) is 42.0 Å². The van der Waals surface area contributed by atoms with Gasteiger partial charge in [0.05, 0.1) is 17.0 Å². The molecule has 19 heavy (non-hydrogen) atoms. The molecule has 5 heteroatoms. The minimum absolute atomic E-state index is 0.00215. The minimum Gasteiger partial charge on any atom is -0.304 e. The molecule has 0 spiro atoms. The summed E-state index contributed by atoms with van der Waals surface area (Å²) in [6.07, 6.45) is 2.05. The number of carbonyl (C=O) groups is 1. The van der Waals surface area contributed by atoms with Crippen molar-refractivity contribution in [3.05, 3.63) is 45.6 Å². The summed E-state index contributed by atoms with van der Waals surface area (Å²) >= 11 is 7.00. The van der Waals surface area contributed by atoms with Crippen molar-refractivity contribution < 1.29 is 4.79 Å². The van der Waals surface area contributed by atoms with Crippen molar-refractivity contribution in [1.29, 1.82) is 0 Å². The van der Waals surface area contributed by atoms with Gasteiger partial charge >= 0.3 is 0 Å². The first-order valence-electron chi connectivity index (χ1n) is 6.13. The fraction of sp³-hybridized carbons (Fsp3) is 0.286. The summed E-state index contributed by atoms with van der Waals surface area (Å²) in [5.74, 6) is 0. The lowest BCUT2D eigenvalue weighted by Crippen LogP contribution is -2.25. The second-order valence-corrected chi connectivity index (χ2v) is 6.03. The molecule has 2 aromatic rings. The molecule has 0 aromatic carbocycles. The standard InChI is InChI=1S/C14H12ClNO2S/c15-13(17)8-9-3-6-11(12-2-1-7-19-12)16(14(9)18)10-4-5-10/h1-3,6-7,10H,4-5,8H2. The maximum absolute atomic E-state index is 12.5. The van der Waals surface area contributed by atoms with Crippen LogP contribution in [0.15, 0.2) is 34.4 Å². The van der Waals surface area contributed by atoms with Crippen molar-refractivity contribution in [3.8, 4) is 10.6 Å². The molecule has 98 valence electrons. The molecule has 3 nitrogen and oxygen atoms in total. The molecule has 2 heterocycles. The largest absolute Gasteiger partial charge is 0.304 e. The highest BCUT2D eigenvalue weighted by Crippen LogP contribution is 2.38. The van der Waals surface area contributed by atoms with Gasteiger partial charge in [0.2, 0.25) is 5.24 Å². The molecule has 2 aromatic heterocycles. The third kappa shape index (κ3) is 2.51. The zero-order valence-electron chi connectivity index (χ0n) is 10.1. The van der Waals surface area contributed by atoms with Crippen LogP contribution in [-0.2, 0) is 11.2 Å². The second kappa shape index (κ2) is 4.94. The molecule has 0 unspecified atom stereocenters. The first-order chi connectivity index (χ1) is 9.16. The topological polar surface area (TPSA) is 39.1 Å². The maximum Gasteiger partial charge on any atom is 0.254 e. The lowest BCUT2D eigenvalue weighted by Gasteiger charge is -2.12. The minimum atomic E-state index is -0.497. The molecule has 1 aliphatic carbocycles. The van der Waals surface area contributed by atoms with Gasteiger partial charge in [-0.15, -0.1) is 11.3 Å². The Labute approximate surface area is 119 Å². The first-order valence-corrected chi connectivity index (χ1v) is 7.39. The van der Waals surface area contributed by atoms with Gasteiger partial charge in [0.15, 0.2) is 0 Å². The molecule has 0 radical (unpaired) electrons. The molecular weight excluding hydrogens is 282 g/mol. The zero-order chi connectivity index (χ0) is 13.4. The first kappa shape index (κ1) is 12.6. The molecule has 0 bridgehead atoms. The Bertz CT molecular complexity index is 671. The van der Waals surface area contributed by atoms with Crippen LogP contribution in [0, 0.1) is 0 Å². The average molecular weight is 294 g/mol. The molecule has 0 N–H and O–H groups in total. The fourth-order valence-electron chi connectivity index (χ4n) is 2.20. The van der Waals surface area contributed by atoms with Crippen molar-refractivity contribution in [2.45, 2.75) is 25.3 Å². The van der Waals surface area contributed by atoms with Crippen molar-refractivity contribution in [2.75, 3.05) is 0 Å². The maximum atomic E-state index is 12.5. The third-order valence-electron chi connectivity index (χ3n) is 3.21. The molecule has 1 aliphatic rings. The van der Waals surface area contributed by atoms with E-state index in [0.717, 1.165) is 23.4 Å². The lowest BCUT2D eigenvalue weighted by atomic mass is 10.1. The van der Waals surface area contributed by atoms with E-state index in [1.807, 2.05) is 28.1 Å². The van der Waals surface area contributed by atoms with Crippen molar-refractivity contribution in [2.24, 2.45) is 0 Å². The van der Waals surface area contributed by atoms with Crippen LogP contribution in [0.5, 0.6) is 0 Å². The number of thiophene rings is 1. The number of hydrogen-bond donors (Lipinski definition) is 0. The van der Waals surface area contributed by atoms with Gasteiger partial charge in [-0.3, -0.25) is 9.59 Å². The van der Waals surface area contributed by atoms with E-state index in [1.54, 1.807) is 17.4 Å². The molecule has 0 atom stereocenters. The third-order valence-corrected chi connectivity index (χ3v) is 4.24. The SMILES string of the molecule is O=C(Cl)Cc1ccc(-c2cccs2)n(C2CC2)c1=O. The predicted molar refractivity (Wildman–Crippen MR) is 76.9 cm³/mol. The van der Waals surface area contributed by atoms with Crippen molar-refractivity contribution in [3.63, 3.8) is 0 Å². The number of rotatable bonds is 4. The van der Waals surface area contributed by atoms with Crippen LogP contribution in [0.25, 0.3) is 10.6 Å². The van der Waals surface area contributed by atoms with Gasteiger partial charge < -0.3 is 4.57 Å². The van der Waals surface area contributed by atoms with E-state index in [9.17, 15) is 9.59 Å². The fourth-order valence-corrected chi connectivity index (χ4v) is 3.09. The average Bonchev–Trinajstić information content (AvgIpc) is 3.05. The Morgan fingerprint density at radius 1 is 1.37 bits per heavy atom. The summed E-state index contributed by atoms with van der Waals surface area (Å²) in [6, 6.07) is 7.88. The van der Waals surface area contributed by atoms with Gasteiger partial charge in [-0.2, -0.15) is 0 Å². The van der Waals surface area contributed by atoms with Gasteiger partial charge in [-0.1, -0.05) is 12.1 Å². The summed E-state index contributed by atoms with van der Waals surface area (Å²) in [7, 11) is 0. The Balaban J connectivity index is 2.14. The van der Waals surface area contributed by atoms with Crippen LogP contribution in [0.4, 0.5) is 0 Å². The van der Waals surface area contributed by atoms with E-state index in [4.69, 9.17) is 11.6 Å². The highest BCUT2D eigenvalue weighted by atomic mass is 35.5. The summed E-state index contributed by atoms with van der Waals surface area (Å²) in [5.41, 5.74) is 1.34. The van der Waals surface area contributed by atoms with Crippen LogP contribution in [0.2, 0.25) is 0 Å². The van der Waals surface area contributed by atoms with E-state index < -0.39 is 5.24 Å².